The number of thioether (sulfide) groups is 1. The third kappa shape index (κ3) is 2.31. The number of nitrogens with one attached hydrogen (secondary N) is 1. The van der Waals surface area contributed by atoms with E-state index in [1.165, 1.54) is 19.2 Å². The second-order valence-corrected chi connectivity index (χ2v) is 9.35. The summed E-state index contributed by atoms with van der Waals surface area (Å²) in [4.78, 5) is 13.2. The fraction of sp³-hybridized carbons (Fsp3) is 0.706. The first-order chi connectivity index (χ1) is 13.2. The maximum absolute atomic E-state index is 10.3. The summed E-state index contributed by atoms with van der Waals surface area (Å²) < 4.78 is 7.21. The van der Waals surface area contributed by atoms with Gasteiger partial charge in [-0.15, -0.1) is 0 Å². The molecule has 6 rings (SSSR count). The van der Waals surface area contributed by atoms with Gasteiger partial charge in [0, 0.05) is 16.5 Å². The van der Waals surface area contributed by atoms with Crippen molar-refractivity contribution in [3.05, 3.63) is 12.7 Å². The Morgan fingerprint density at radius 3 is 2.81 bits per heavy atom. The van der Waals surface area contributed by atoms with Crippen molar-refractivity contribution in [3.8, 4) is 0 Å². The van der Waals surface area contributed by atoms with E-state index in [1.54, 1.807) is 10.9 Å². The molecule has 0 spiro atoms. The van der Waals surface area contributed by atoms with Gasteiger partial charge in [0.2, 0.25) is 0 Å². The van der Waals surface area contributed by atoms with E-state index in [0.29, 0.717) is 28.9 Å². The first kappa shape index (κ1) is 16.5. The van der Waals surface area contributed by atoms with Crippen LogP contribution in [0.4, 0.5) is 5.82 Å². The van der Waals surface area contributed by atoms with Crippen LogP contribution in [0, 0.1) is 11.8 Å². The zero-order valence-electron chi connectivity index (χ0n) is 14.4. The Hall–Kier alpha value is -1.46. The van der Waals surface area contributed by atoms with Gasteiger partial charge >= 0.3 is 0 Å². The predicted octanol–water partition coefficient (Wildman–Crippen LogP) is -0.258. The van der Waals surface area contributed by atoms with E-state index < -0.39 is 24.5 Å². The highest BCUT2D eigenvalue weighted by Gasteiger charge is 2.62. The lowest BCUT2D eigenvalue weighted by Gasteiger charge is -2.22. The SMILES string of the molecule is OC[C@H]1O[C@@H](n2cnc3c(N[C@H]4C[C@H]5C[C@@H]4[C@H]4S[C@@H]54)ncnc32)[C@H](O)[C@@H]1O. The van der Waals surface area contributed by atoms with Crippen LogP contribution in [0.15, 0.2) is 12.7 Å². The summed E-state index contributed by atoms with van der Waals surface area (Å²) in [6.45, 7) is -0.368. The molecule has 2 aromatic rings. The van der Waals surface area contributed by atoms with Crippen LogP contribution in [-0.2, 0) is 4.74 Å². The molecule has 0 amide bonds. The average Bonchev–Trinajstić information content (AvgIpc) is 2.95. The van der Waals surface area contributed by atoms with Crippen LogP contribution in [0.1, 0.15) is 19.1 Å². The summed E-state index contributed by atoms with van der Waals surface area (Å²) in [5, 5.41) is 34.9. The van der Waals surface area contributed by atoms with Crippen LogP contribution >= 0.6 is 11.8 Å². The molecule has 2 aliphatic carbocycles. The highest BCUT2D eigenvalue weighted by atomic mass is 32.2. The van der Waals surface area contributed by atoms with E-state index in [1.807, 2.05) is 0 Å². The Morgan fingerprint density at radius 2 is 2.07 bits per heavy atom. The minimum Gasteiger partial charge on any atom is -0.394 e. The van der Waals surface area contributed by atoms with Crippen molar-refractivity contribution in [1.29, 1.82) is 0 Å². The number of aliphatic hydroxyl groups excluding tert-OH is 3. The zero-order valence-corrected chi connectivity index (χ0v) is 15.2. The normalized spacial score (nSPS) is 44.8. The van der Waals surface area contributed by atoms with Crippen LogP contribution in [0.25, 0.3) is 11.2 Å². The average molecular weight is 391 g/mol. The first-order valence-corrected chi connectivity index (χ1v) is 10.3. The number of rotatable bonds is 4. The number of fused-ring (bicyclic) bond motifs is 6. The fourth-order valence-electron chi connectivity index (χ4n) is 5.20. The fourth-order valence-corrected chi connectivity index (χ4v) is 6.84. The van der Waals surface area contributed by atoms with Gasteiger partial charge in [0.25, 0.3) is 0 Å². The Bertz CT molecular complexity index is 895. The summed E-state index contributed by atoms with van der Waals surface area (Å²) in [6.07, 6.45) is 1.50. The number of aromatic nitrogens is 4. The van der Waals surface area contributed by atoms with Gasteiger partial charge in [-0.05, 0) is 24.7 Å². The molecule has 2 saturated carbocycles. The van der Waals surface area contributed by atoms with Gasteiger partial charge in [0.15, 0.2) is 23.2 Å². The van der Waals surface area contributed by atoms with E-state index in [9.17, 15) is 15.3 Å². The van der Waals surface area contributed by atoms with Crippen molar-refractivity contribution in [2.75, 3.05) is 11.9 Å². The summed E-state index contributed by atoms with van der Waals surface area (Å²) in [6, 6.07) is 0.420. The van der Waals surface area contributed by atoms with Crippen LogP contribution in [0.3, 0.4) is 0 Å². The lowest BCUT2D eigenvalue weighted by molar-refractivity contribution is -0.0511. The lowest BCUT2D eigenvalue weighted by atomic mass is 9.95. The van der Waals surface area contributed by atoms with E-state index in [4.69, 9.17) is 4.74 Å². The smallest absolute Gasteiger partial charge is 0.167 e. The second kappa shape index (κ2) is 5.77. The summed E-state index contributed by atoms with van der Waals surface area (Å²) in [5.41, 5.74) is 1.15. The molecule has 144 valence electrons. The van der Waals surface area contributed by atoms with E-state index in [2.05, 4.69) is 32.0 Å². The van der Waals surface area contributed by atoms with Crippen molar-refractivity contribution in [2.24, 2.45) is 11.8 Å². The Morgan fingerprint density at radius 1 is 1.19 bits per heavy atom. The number of nitrogens with zero attached hydrogens (tertiary/aromatic N) is 4. The summed E-state index contributed by atoms with van der Waals surface area (Å²) >= 11 is 2.12. The molecule has 0 unspecified atom stereocenters. The van der Waals surface area contributed by atoms with Gasteiger partial charge in [-0.1, -0.05) is 0 Å². The number of hydrogen-bond donors (Lipinski definition) is 4. The van der Waals surface area contributed by atoms with Crippen LogP contribution in [0.5, 0.6) is 0 Å². The molecule has 2 aromatic heterocycles. The minimum absolute atomic E-state index is 0.368. The number of hydrogen-bond acceptors (Lipinski definition) is 9. The Kier molecular flexibility index (Phi) is 3.52. The van der Waals surface area contributed by atoms with Crippen molar-refractivity contribution < 1.29 is 20.1 Å². The van der Waals surface area contributed by atoms with E-state index in [-0.39, 0.29) is 6.61 Å². The molecular formula is C17H21N5O4S. The van der Waals surface area contributed by atoms with Gasteiger partial charge in [-0.2, -0.15) is 11.8 Å². The van der Waals surface area contributed by atoms with Crippen molar-refractivity contribution in [3.63, 3.8) is 0 Å². The van der Waals surface area contributed by atoms with Gasteiger partial charge in [-0.3, -0.25) is 4.57 Å². The summed E-state index contributed by atoms with van der Waals surface area (Å²) in [5.74, 6) is 2.24. The first-order valence-electron chi connectivity index (χ1n) is 9.37. The van der Waals surface area contributed by atoms with E-state index >= 15 is 0 Å². The van der Waals surface area contributed by atoms with Gasteiger partial charge in [0.05, 0.1) is 12.9 Å². The second-order valence-electron chi connectivity index (χ2n) is 7.99. The third-order valence-corrected chi connectivity index (χ3v) is 8.20. The number of imidazole rings is 1. The molecule has 4 N–H and O–H groups in total. The zero-order chi connectivity index (χ0) is 18.3. The molecular weight excluding hydrogens is 370 g/mol. The molecule has 2 bridgehead atoms. The van der Waals surface area contributed by atoms with Gasteiger partial charge in [0.1, 0.15) is 24.6 Å². The van der Waals surface area contributed by atoms with Crippen molar-refractivity contribution in [1.82, 2.24) is 19.5 Å². The van der Waals surface area contributed by atoms with Crippen LogP contribution in [0.2, 0.25) is 0 Å². The molecule has 2 saturated heterocycles. The molecule has 2 aliphatic heterocycles. The molecule has 27 heavy (non-hydrogen) atoms. The Labute approximate surface area is 159 Å². The maximum atomic E-state index is 10.3. The molecule has 0 radical (unpaired) electrons. The highest BCUT2D eigenvalue weighted by Crippen LogP contribution is 2.65. The molecule has 4 heterocycles. The van der Waals surface area contributed by atoms with Crippen molar-refractivity contribution in [2.45, 2.75) is 53.9 Å². The Balaban J connectivity index is 1.30. The topological polar surface area (TPSA) is 126 Å². The molecule has 9 nitrogen and oxygen atoms in total. The number of anilines is 1. The monoisotopic (exact) mass is 391 g/mol. The number of ether oxygens (including phenoxy) is 1. The van der Waals surface area contributed by atoms with Gasteiger partial charge in [-0.25, -0.2) is 15.0 Å². The third-order valence-electron chi connectivity index (χ3n) is 6.57. The van der Waals surface area contributed by atoms with Crippen LogP contribution in [-0.4, -0.2) is 76.3 Å². The maximum Gasteiger partial charge on any atom is 0.167 e. The van der Waals surface area contributed by atoms with Crippen molar-refractivity contribution >= 4 is 28.7 Å². The summed E-state index contributed by atoms with van der Waals surface area (Å²) in [7, 11) is 0. The van der Waals surface area contributed by atoms with Gasteiger partial charge < -0.3 is 25.4 Å². The molecule has 4 aliphatic rings. The molecule has 9 atom stereocenters. The molecule has 0 aromatic carbocycles. The van der Waals surface area contributed by atoms with Crippen LogP contribution < -0.4 is 5.32 Å². The number of aliphatic hydroxyl groups is 3. The minimum atomic E-state index is -1.17. The quantitative estimate of drug-likeness (QED) is 0.522. The van der Waals surface area contributed by atoms with E-state index in [0.717, 1.165) is 16.4 Å². The standard InChI is InChI=1S/C17H21N5O4S/c23-3-9-11(24)12(25)17(26-9)22-5-20-10-15(18-4-19-16(10)22)21-8-2-6-1-7(8)14-13(6)27-14/h4-9,11-14,17,23-25H,1-3H2,(H,18,19,21)/t6-,7+,8+,9-,11-,12-,13+,14-,17-/m1/s1. The highest BCUT2D eigenvalue weighted by molar-refractivity contribution is 8.07. The largest absolute Gasteiger partial charge is 0.394 e. The molecule has 10 heteroatoms. The predicted molar refractivity (Wildman–Crippen MR) is 97.1 cm³/mol. The molecule has 4 fully saturated rings. The lowest BCUT2D eigenvalue weighted by Crippen LogP contribution is -2.33.